The molecule has 6 nitrogen and oxygen atoms in total. The van der Waals surface area contributed by atoms with Gasteiger partial charge in [0.05, 0.1) is 18.8 Å². The van der Waals surface area contributed by atoms with Crippen molar-refractivity contribution in [3.05, 3.63) is 45.4 Å². The van der Waals surface area contributed by atoms with Crippen LogP contribution in [0.5, 0.6) is 5.75 Å². The number of methoxy groups -OCH3 is 2. The lowest BCUT2D eigenvalue weighted by Crippen LogP contribution is -2.36. The molecule has 1 heterocycles. The summed E-state index contributed by atoms with van der Waals surface area (Å²) in [6, 6.07) is 7.18. The fraction of sp³-hybridized carbons (Fsp3) is 0.412. The molecule has 0 unspecified atom stereocenters. The van der Waals surface area contributed by atoms with Gasteiger partial charge in [-0.2, -0.15) is 0 Å². The van der Waals surface area contributed by atoms with E-state index >= 15 is 0 Å². The van der Waals surface area contributed by atoms with Crippen LogP contribution in [0.25, 0.3) is 0 Å². The number of ether oxygens (including phenoxy) is 3. The van der Waals surface area contributed by atoms with E-state index in [4.69, 9.17) is 25.8 Å². The van der Waals surface area contributed by atoms with Crippen molar-refractivity contribution in [3.63, 3.8) is 0 Å². The zero-order valence-corrected chi connectivity index (χ0v) is 15.8. The van der Waals surface area contributed by atoms with Crippen molar-refractivity contribution in [1.82, 2.24) is 9.88 Å². The number of hydrogen-bond acceptors (Lipinski definition) is 6. The van der Waals surface area contributed by atoms with E-state index in [2.05, 4.69) is 4.98 Å². The Kier molecular flexibility index (Phi) is 8.14. The summed E-state index contributed by atoms with van der Waals surface area (Å²) in [6.07, 6.45) is 0. The van der Waals surface area contributed by atoms with E-state index in [9.17, 15) is 4.79 Å². The molecule has 0 bridgehead atoms. The number of benzene rings is 1. The number of thiazole rings is 1. The van der Waals surface area contributed by atoms with Crippen LogP contribution in [-0.4, -0.2) is 49.8 Å². The van der Waals surface area contributed by atoms with E-state index < -0.39 is 0 Å². The summed E-state index contributed by atoms with van der Waals surface area (Å²) in [5.74, 6) is 0.643. The van der Waals surface area contributed by atoms with Gasteiger partial charge >= 0.3 is 0 Å². The Bertz CT molecular complexity index is 663. The Morgan fingerprint density at radius 2 is 2.00 bits per heavy atom. The summed E-state index contributed by atoms with van der Waals surface area (Å²) in [5.41, 5.74) is 0.820. The fourth-order valence-corrected chi connectivity index (χ4v) is 2.89. The molecule has 0 atom stereocenters. The number of halogens is 1. The largest absolute Gasteiger partial charge is 0.486 e. The van der Waals surface area contributed by atoms with Crippen LogP contribution in [0.2, 0.25) is 5.02 Å². The van der Waals surface area contributed by atoms with Crippen molar-refractivity contribution in [2.24, 2.45) is 0 Å². The second-order valence-electron chi connectivity index (χ2n) is 5.22. The molecule has 1 aromatic heterocycles. The average molecular weight is 385 g/mol. The maximum atomic E-state index is 12.1. The summed E-state index contributed by atoms with van der Waals surface area (Å²) >= 11 is 7.35. The highest BCUT2D eigenvalue weighted by atomic mass is 35.5. The molecule has 0 aliphatic rings. The first-order chi connectivity index (χ1) is 12.1. The van der Waals surface area contributed by atoms with Crippen LogP contribution < -0.4 is 4.74 Å². The van der Waals surface area contributed by atoms with Gasteiger partial charge in [-0.1, -0.05) is 11.6 Å². The molecule has 1 amide bonds. The van der Waals surface area contributed by atoms with Crippen LogP contribution in [0.1, 0.15) is 10.7 Å². The molecule has 0 fully saturated rings. The number of rotatable bonds is 10. The molecule has 0 radical (unpaired) electrons. The molecule has 25 heavy (non-hydrogen) atoms. The highest BCUT2D eigenvalue weighted by Crippen LogP contribution is 2.18. The Labute approximate surface area is 156 Å². The monoisotopic (exact) mass is 384 g/mol. The SMILES string of the molecule is COCCN(Cc1csc(COc2ccc(Cl)cc2)n1)C(=O)COC. The molecule has 0 saturated carbocycles. The molecule has 0 saturated heterocycles. The second kappa shape index (κ2) is 10.4. The smallest absolute Gasteiger partial charge is 0.248 e. The average Bonchev–Trinajstić information content (AvgIpc) is 3.06. The Hall–Kier alpha value is -1.67. The van der Waals surface area contributed by atoms with E-state index in [-0.39, 0.29) is 12.5 Å². The number of aromatic nitrogens is 1. The summed E-state index contributed by atoms with van der Waals surface area (Å²) in [7, 11) is 3.11. The van der Waals surface area contributed by atoms with Gasteiger partial charge in [-0.05, 0) is 24.3 Å². The van der Waals surface area contributed by atoms with Crippen molar-refractivity contribution in [1.29, 1.82) is 0 Å². The molecular weight excluding hydrogens is 364 g/mol. The first-order valence-corrected chi connectivity index (χ1v) is 8.95. The van der Waals surface area contributed by atoms with Crippen LogP contribution in [0, 0.1) is 0 Å². The number of amides is 1. The van der Waals surface area contributed by atoms with Gasteiger partial charge in [0.2, 0.25) is 5.91 Å². The predicted molar refractivity (Wildman–Crippen MR) is 97.1 cm³/mol. The van der Waals surface area contributed by atoms with Crippen molar-refractivity contribution in [2.45, 2.75) is 13.2 Å². The predicted octanol–water partition coefficient (Wildman–Crippen LogP) is 3.00. The van der Waals surface area contributed by atoms with Gasteiger partial charge in [-0.15, -0.1) is 11.3 Å². The van der Waals surface area contributed by atoms with E-state index in [1.165, 1.54) is 18.4 Å². The van der Waals surface area contributed by atoms with E-state index in [0.29, 0.717) is 31.3 Å². The van der Waals surface area contributed by atoms with Crippen LogP contribution in [0.15, 0.2) is 29.6 Å². The van der Waals surface area contributed by atoms with Gasteiger partial charge < -0.3 is 19.1 Å². The lowest BCUT2D eigenvalue weighted by molar-refractivity contribution is -0.136. The maximum Gasteiger partial charge on any atom is 0.248 e. The van der Waals surface area contributed by atoms with Crippen LogP contribution in [0.4, 0.5) is 0 Å². The van der Waals surface area contributed by atoms with Gasteiger partial charge in [-0.25, -0.2) is 4.98 Å². The molecule has 0 aliphatic carbocycles. The molecule has 136 valence electrons. The minimum absolute atomic E-state index is 0.0421. The van der Waals surface area contributed by atoms with Crippen molar-refractivity contribution in [2.75, 3.05) is 34.0 Å². The van der Waals surface area contributed by atoms with Gasteiger partial charge in [0.1, 0.15) is 24.0 Å². The fourth-order valence-electron chi connectivity index (χ4n) is 2.07. The molecule has 8 heteroatoms. The molecule has 0 aliphatic heterocycles. The third-order valence-electron chi connectivity index (χ3n) is 3.31. The van der Waals surface area contributed by atoms with E-state index in [1.54, 1.807) is 24.1 Å². The third kappa shape index (κ3) is 6.62. The third-order valence-corrected chi connectivity index (χ3v) is 4.44. The zero-order valence-electron chi connectivity index (χ0n) is 14.2. The van der Waals surface area contributed by atoms with Gasteiger partial charge in [0, 0.05) is 31.2 Å². The van der Waals surface area contributed by atoms with Crippen molar-refractivity contribution >= 4 is 28.8 Å². The topological polar surface area (TPSA) is 60.9 Å². The molecule has 2 aromatic rings. The van der Waals surface area contributed by atoms with Crippen LogP contribution in [-0.2, 0) is 27.4 Å². The minimum atomic E-state index is -0.0912. The normalized spacial score (nSPS) is 10.7. The Morgan fingerprint density at radius 3 is 2.68 bits per heavy atom. The minimum Gasteiger partial charge on any atom is -0.486 e. The quantitative estimate of drug-likeness (QED) is 0.630. The number of carbonyl (C=O) groups is 1. The lowest BCUT2D eigenvalue weighted by Gasteiger charge is -2.21. The summed E-state index contributed by atoms with van der Waals surface area (Å²) in [6.45, 7) is 1.79. The van der Waals surface area contributed by atoms with Crippen LogP contribution in [0.3, 0.4) is 0 Å². The van der Waals surface area contributed by atoms with Crippen LogP contribution >= 0.6 is 22.9 Å². The number of nitrogens with zero attached hydrogens (tertiary/aromatic N) is 2. The second-order valence-corrected chi connectivity index (χ2v) is 6.60. The molecule has 0 spiro atoms. The highest BCUT2D eigenvalue weighted by molar-refractivity contribution is 7.09. The highest BCUT2D eigenvalue weighted by Gasteiger charge is 2.15. The standard InChI is InChI=1S/C17H21ClN2O4S/c1-22-8-7-20(17(21)11-23-2)9-14-12-25-16(19-14)10-24-15-5-3-13(18)4-6-15/h3-6,12H,7-11H2,1-2H3. The van der Waals surface area contributed by atoms with Gasteiger partial charge in [0.15, 0.2) is 0 Å². The van der Waals surface area contributed by atoms with Gasteiger partial charge in [0.25, 0.3) is 0 Å². The summed E-state index contributed by atoms with van der Waals surface area (Å²) < 4.78 is 15.7. The van der Waals surface area contributed by atoms with E-state index in [1.807, 2.05) is 17.5 Å². The first-order valence-electron chi connectivity index (χ1n) is 7.69. The Morgan fingerprint density at radius 1 is 1.24 bits per heavy atom. The summed E-state index contributed by atoms with van der Waals surface area (Å²) in [5, 5.41) is 3.44. The van der Waals surface area contributed by atoms with Crippen molar-refractivity contribution in [3.8, 4) is 5.75 Å². The molecule has 1 aromatic carbocycles. The summed E-state index contributed by atoms with van der Waals surface area (Å²) in [4.78, 5) is 18.3. The number of hydrogen-bond donors (Lipinski definition) is 0. The molecule has 0 N–H and O–H groups in total. The first kappa shape index (κ1) is 19.7. The zero-order chi connectivity index (χ0) is 18.1. The van der Waals surface area contributed by atoms with E-state index in [0.717, 1.165) is 16.5 Å². The number of carbonyl (C=O) groups excluding carboxylic acids is 1. The molecular formula is C17H21ClN2O4S. The molecule has 2 rings (SSSR count). The Balaban J connectivity index is 1.91. The lowest BCUT2D eigenvalue weighted by atomic mass is 10.3. The maximum absolute atomic E-state index is 12.1. The van der Waals surface area contributed by atoms with Crippen molar-refractivity contribution < 1.29 is 19.0 Å². The van der Waals surface area contributed by atoms with Gasteiger partial charge in [-0.3, -0.25) is 4.79 Å².